The zero-order valence-electron chi connectivity index (χ0n) is 12.9. The first-order chi connectivity index (χ1) is 11.5. The van der Waals surface area contributed by atoms with Crippen molar-refractivity contribution in [3.05, 3.63) is 65.5 Å². The molecule has 2 N–H and O–H groups in total. The molecule has 1 aliphatic rings. The van der Waals surface area contributed by atoms with E-state index in [9.17, 15) is 14.0 Å². The van der Waals surface area contributed by atoms with Crippen molar-refractivity contribution >= 4 is 17.6 Å². The Bertz CT molecular complexity index is 761. The molecule has 0 bridgehead atoms. The molecule has 6 heteroatoms. The summed E-state index contributed by atoms with van der Waals surface area (Å²) in [5, 5.41) is 12.1. The third-order valence-corrected chi connectivity index (χ3v) is 4.08. The zero-order chi connectivity index (χ0) is 17.1. The van der Waals surface area contributed by atoms with E-state index in [1.165, 1.54) is 24.3 Å². The molecule has 0 spiro atoms. The monoisotopic (exact) mass is 328 g/mol. The largest absolute Gasteiger partial charge is 0.478 e. The highest BCUT2D eigenvalue weighted by molar-refractivity contribution is 5.99. The molecular weight excluding hydrogens is 311 g/mol. The number of nitrogens with one attached hydrogen (secondary N) is 1. The van der Waals surface area contributed by atoms with Crippen LogP contribution < -0.4 is 10.2 Å². The Kier molecular flexibility index (Phi) is 4.57. The maximum absolute atomic E-state index is 13.3. The van der Waals surface area contributed by atoms with Gasteiger partial charge in [0.2, 0.25) is 5.91 Å². The summed E-state index contributed by atoms with van der Waals surface area (Å²) in [5.74, 6) is -1.41. The maximum atomic E-state index is 13.3. The van der Waals surface area contributed by atoms with Crippen molar-refractivity contribution in [2.24, 2.45) is 0 Å². The van der Waals surface area contributed by atoms with Crippen LogP contribution in [0, 0.1) is 5.82 Å². The molecule has 0 aromatic heterocycles. The molecule has 1 amide bonds. The average Bonchev–Trinajstić information content (AvgIpc) is 2.94. The Morgan fingerprint density at radius 1 is 1.25 bits per heavy atom. The highest BCUT2D eigenvalue weighted by atomic mass is 19.1. The smallest absolute Gasteiger partial charge is 0.335 e. The van der Waals surface area contributed by atoms with Crippen LogP contribution >= 0.6 is 0 Å². The van der Waals surface area contributed by atoms with E-state index < -0.39 is 5.97 Å². The standard InChI is InChI=1S/C18H17FN2O3/c19-14-2-1-3-15(10-14)21-9-8-16(17(21)22)20-11-12-4-6-13(7-5-12)18(23)24/h1-7,10,16,20H,8-9,11H2,(H,23,24). The number of nitrogens with zero attached hydrogens (tertiary/aromatic N) is 1. The molecule has 0 saturated carbocycles. The Labute approximate surface area is 138 Å². The van der Waals surface area contributed by atoms with Gasteiger partial charge in [-0.3, -0.25) is 4.79 Å². The van der Waals surface area contributed by atoms with Gasteiger partial charge < -0.3 is 15.3 Å². The number of rotatable bonds is 5. The number of hydrogen-bond donors (Lipinski definition) is 2. The van der Waals surface area contributed by atoms with Crippen molar-refractivity contribution in [3.8, 4) is 0 Å². The maximum Gasteiger partial charge on any atom is 0.335 e. The van der Waals surface area contributed by atoms with E-state index >= 15 is 0 Å². The number of amides is 1. The average molecular weight is 328 g/mol. The predicted molar refractivity (Wildman–Crippen MR) is 87.4 cm³/mol. The molecule has 5 nitrogen and oxygen atoms in total. The number of carboxylic acid groups (broad SMARTS) is 1. The fourth-order valence-electron chi connectivity index (χ4n) is 2.78. The van der Waals surface area contributed by atoms with Crippen LogP contribution in [0.1, 0.15) is 22.3 Å². The minimum atomic E-state index is -0.966. The van der Waals surface area contributed by atoms with Crippen molar-refractivity contribution in [2.75, 3.05) is 11.4 Å². The minimum absolute atomic E-state index is 0.0808. The van der Waals surface area contributed by atoms with Crippen molar-refractivity contribution < 1.29 is 19.1 Å². The van der Waals surface area contributed by atoms with Crippen molar-refractivity contribution in [2.45, 2.75) is 19.0 Å². The quantitative estimate of drug-likeness (QED) is 0.884. The van der Waals surface area contributed by atoms with E-state index in [-0.39, 0.29) is 23.3 Å². The van der Waals surface area contributed by atoms with Gasteiger partial charge >= 0.3 is 5.97 Å². The molecule has 0 radical (unpaired) electrons. The SMILES string of the molecule is O=C(O)c1ccc(CNC2CCN(c3cccc(F)c3)C2=O)cc1. The van der Waals surface area contributed by atoms with Crippen LogP contribution in [0.5, 0.6) is 0 Å². The molecule has 0 aliphatic carbocycles. The van der Waals surface area contributed by atoms with Crippen molar-refractivity contribution in [1.29, 1.82) is 0 Å². The Morgan fingerprint density at radius 3 is 2.67 bits per heavy atom. The van der Waals surface area contributed by atoms with E-state index in [4.69, 9.17) is 5.11 Å². The van der Waals surface area contributed by atoms with Crippen molar-refractivity contribution in [1.82, 2.24) is 5.32 Å². The Morgan fingerprint density at radius 2 is 2.00 bits per heavy atom. The second kappa shape index (κ2) is 6.80. The summed E-state index contributed by atoms with van der Waals surface area (Å²) in [5.41, 5.74) is 1.69. The fourth-order valence-corrected chi connectivity index (χ4v) is 2.78. The number of carbonyl (C=O) groups is 2. The molecule has 1 atom stereocenters. The molecule has 2 aromatic rings. The number of hydrogen-bond acceptors (Lipinski definition) is 3. The summed E-state index contributed by atoms with van der Waals surface area (Å²) < 4.78 is 13.3. The third kappa shape index (κ3) is 3.44. The van der Waals surface area contributed by atoms with E-state index in [1.54, 1.807) is 29.2 Å². The number of anilines is 1. The van der Waals surface area contributed by atoms with Crippen molar-refractivity contribution in [3.63, 3.8) is 0 Å². The topological polar surface area (TPSA) is 69.6 Å². The number of halogens is 1. The highest BCUT2D eigenvalue weighted by Crippen LogP contribution is 2.22. The minimum Gasteiger partial charge on any atom is -0.478 e. The summed E-state index contributed by atoms with van der Waals surface area (Å²) in [7, 11) is 0. The normalized spacial score (nSPS) is 17.3. The first-order valence-electron chi connectivity index (χ1n) is 7.67. The van der Waals surface area contributed by atoms with Gasteiger partial charge in [-0.05, 0) is 42.3 Å². The molecule has 1 saturated heterocycles. The summed E-state index contributed by atoms with van der Waals surface area (Å²) in [6.07, 6.45) is 0.641. The summed E-state index contributed by atoms with van der Waals surface area (Å²) in [6.45, 7) is 1.01. The summed E-state index contributed by atoms with van der Waals surface area (Å²) in [6, 6.07) is 12.2. The third-order valence-electron chi connectivity index (χ3n) is 4.08. The Hall–Kier alpha value is -2.73. The van der Waals surface area contributed by atoms with E-state index in [0.717, 1.165) is 5.56 Å². The highest BCUT2D eigenvalue weighted by Gasteiger charge is 2.32. The van der Waals surface area contributed by atoms with Crippen LogP contribution in [-0.4, -0.2) is 29.6 Å². The van der Waals surface area contributed by atoms with Gasteiger partial charge in [0.15, 0.2) is 0 Å². The van der Waals surface area contributed by atoms with Crippen LogP contribution in [-0.2, 0) is 11.3 Å². The lowest BCUT2D eigenvalue weighted by Gasteiger charge is -2.17. The van der Waals surface area contributed by atoms with Gasteiger partial charge in [0, 0.05) is 18.8 Å². The molecule has 1 heterocycles. The number of benzene rings is 2. The Balaban J connectivity index is 1.61. The van der Waals surface area contributed by atoms with Gasteiger partial charge in [-0.1, -0.05) is 18.2 Å². The lowest BCUT2D eigenvalue weighted by Crippen LogP contribution is -2.38. The molecule has 1 fully saturated rings. The van der Waals surface area contributed by atoms with E-state index in [0.29, 0.717) is 25.2 Å². The van der Waals surface area contributed by atoms with Gasteiger partial charge in [-0.15, -0.1) is 0 Å². The molecule has 2 aromatic carbocycles. The first kappa shape index (κ1) is 16.1. The lowest BCUT2D eigenvalue weighted by molar-refractivity contribution is -0.118. The van der Waals surface area contributed by atoms with Gasteiger partial charge in [-0.25, -0.2) is 9.18 Å². The fraction of sp³-hybridized carbons (Fsp3) is 0.222. The second-order valence-corrected chi connectivity index (χ2v) is 5.69. The summed E-state index contributed by atoms with van der Waals surface area (Å²) in [4.78, 5) is 24.8. The molecule has 24 heavy (non-hydrogen) atoms. The summed E-state index contributed by atoms with van der Waals surface area (Å²) >= 11 is 0. The first-order valence-corrected chi connectivity index (χ1v) is 7.67. The van der Waals surface area contributed by atoms with Crippen LogP contribution in [0.15, 0.2) is 48.5 Å². The van der Waals surface area contributed by atoms with Gasteiger partial charge in [0.05, 0.1) is 11.6 Å². The molecule has 1 unspecified atom stereocenters. The van der Waals surface area contributed by atoms with Crippen LogP contribution in [0.2, 0.25) is 0 Å². The van der Waals surface area contributed by atoms with E-state index in [1.807, 2.05) is 0 Å². The van der Waals surface area contributed by atoms with Gasteiger partial charge in [-0.2, -0.15) is 0 Å². The molecular formula is C18H17FN2O3. The molecule has 124 valence electrons. The predicted octanol–water partition coefficient (Wildman–Crippen LogP) is 2.42. The second-order valence-electron chi connectivity index (χ2n) is 5.69. The van der Waals surface area contributed by atoms with Crippen LogP contribution in [0.25, 0.3) is 0 Å². The number of aromatic carboxylic acids is 1. The van der Waals surface area contributed by atoms with Crippen LogP contribution in [0.4, 0.5) is 10.1 Å². The molecule has 3 rings (SSSR count). The van der Waals surface area contributed by atoms with Crippen LogP contribution in [0.3, 0.4) is 0 Å². The van der Waals surface area contributed by atoms with E-state index in [2.05, 4.69) is 5.32 Å². The lowest BCUT2D eigenvalue weighted by atomic mass is 10.1. The van der Waals surface area contributed by atoms with Gasteiger partial charge in [0.1, 0.15) is 5.82 Å². The van der Waals surface area contributed by atoms with Gasteiger partial charge in [0.25, 0.3) is 0 Å². The zero-order valence-corrected chi connectivity index (χ0v) is 12.9. The molecule has 1 aliphatic heterocycles. The number of carboxylic acids is 1. The number of carbonyl (C=O) groups excluding carboxylic acids is 1.